The number of carbonyl (C=O) groups excluding carboxylic acids is 1. The summed E-state index contributed by atoms with van der Waals surface area (Å²) in [4.78, 5) is 14.0. The lowest BCUT2D eigenvalue weighted by atomic mass is 10.3. The van der Waals surface area contributed by atoms with Crippen LogP contribution in [0.5, 0.6) is 11.5 Å². The molecule has 130 valence electrons. The van der Waals surface area contributed by atoms with Crippen LogP contribution in [0.4, 0.5) is 0 Å². The van der Waals surface area contributed by atoms with Crippen LogP contribution >= 0.6 is 0 Å². The Morgan fingerprint density at radius 3 is 2.80 bits per heavy atom. The molecule has 0 aliphatic heterocycles. The molecule has 7 heteroatoms. The third-order valence-electron chi connectivity index (χ3n) is 3.65. The number of carbonyl (C=O) groups is 1. The molecule has 1 aromatic carbocycles. The second-order valence-electron chi connectivity index (χ2n) is 5.51. The van der Waals surface area contributed by atoms with Crippen molar-refractivity contribution in [3.05, 3.63) is 65.9 Å². The van der Waals surface area contributed by atoms with E-state index >= 15 is 0 Å². The maximum Gasteiger partial charge on any atom is 0.274 e. The monoisotopic (exact) mass is 341 g/mol. The van der Waals surface area contributed by atoms with Gasteiger partial charge in [-0.3, -0.25) is 9.89 Å². The molecule has 0 aliphatic rings. The van der Waals surface area contributed by atoms with Gasteiger partial charge in [0.1, 0.15) is 6.61 Å². The number of rotatable bonds is 7. The van der Waals surface area contributed by atoms with Crippen LogP contribution in [0.15, 0.2) is 53.3 Å². The summed E-state index contributed by atoms with van der Waals surface area (Å²) in [6.45, 7) is 0.710. The van der Waals surface area contributed by atoms with Crippen LogP contribution < -0.4 is 9.47 Å². The number of hydrogen-bond acceptors (Lipinski definition) is 5. The minimum Gasteiger partial charge on any atom is -0.493 e. The average Bonchev–Trinajstić information content (AvgIpc) is 3.31. The minimum atomic E-state index is -0.180. The van der Waals surface area contributed by atoms with Gasteiger partial charge in [-0.15, -0.1) is 0 Å². The Morgan fingerprint density at radius 1 is 1.28 bits per heavy atom. The Hall–Kier alpha value is -3.22. The molecule has 0 aliphatic carbocycles. The van der Waals surface area contributed by atoms with Crippen molar-refractivity contribution in [1.29, 1.82) is 0 Å². The highest BCUT2D eigenvalue weighted by Gasteiger charge is 2.16. The summed E-state index contributed by atoms with van der Waals surface area (Å²) >= 11 is 0. The fraction of sp³-hybridized carbons (Fsp3) is 0.222. The highest BCUT2D eigenvalue weighted by molar-refractivity contribution is 5.92. The Kier molecular flexibility index (Phi) is 5.03. The first-order chi connectivity index (χ1) is 12.2. The lowest BCUT2D eigenvalue weighted by molar-refractivity contribution is 0.0779. The molecular weight excluding hydrogens is 322 g/mol. The second kappa shape index (κ2) is 7.57. The number of H-pyrrole nitrogens is 1. The summed E-state index contributed by atoms with van der Waals surface area (Å²) < 4.78 is 16.0. The highest BCUT2D eigenvalue weighted by Crippen LogP contribution is 2.26. The van der Waals surface area contributed by atoms with Crippen molar-refractivity contribution < 1.29 is 18.7 Å². The fourth-order valence-corrected chi connectivity index (χ4v) is 2.36. The molecule has 0 spiro atoms. The molecule has 0 radical (unpaired) electrons. The van der Waals surface area contributed by atoms with Gasteiger partial charge in [-0.1, -0.05) is 12.1 Å². The van der Waals surface area contributed by atoms with Crippen molar-refractivity contribution in [3.63, 3.8) is 0 Å². The van der Waals surface area contributed by atoms with Crippen LogP contribution in [-0.4, -0.2) is 35.2 Å². The quantitative estimate of drug-likeness (QED) is 0.715. The average molecular weight is 341 g/mol. The SMILES string of the molecule is COc1ccccc1OCc1cc(C(=O)N(C)Cc2ccoc2)n[nH]1. The Labute approximate surface area is 145 Å². The second-order valence-corrected chi connectivity index (χ2v) is 5.51. The molecule has 2 aromatic heterocycles. The lowest BCUT2D eigenvalue weighted by Gasteiger charge is -2.14. The summed E-state index contributed by atoms with van der Waals surface area (Å²) in [5.41, 5.74) is 1.96. The number of amides is 1. The van der Waals surface area contributed by atoms with E-state index < -0.39 is 0 Å². The summed E-state index contributed by atoms with van der Waals surface area (Å²) in [5, 5.41) is 6.90. The lowest BCUT2D eigenvalue weighted by Crippen LogP contribution is -2.26. The van der Waals surface area contributed by atoms with E-state index in [-0.39, 0.29) is 12.5 Å². The van der Waals surface area contributed by atoms with Crippen LogP contribution in [0.3, 0.4) is 0 Å². The molecule has 0 unspecified atom stereocenters. The number of para-hydroxylation sites is 2. The van der Waals surface area contributed by atoms with Gasteiger partial charge < -0.3 is 18.8 Å². The van der Waals surface area contributed by atoms with Gasteiger partial charge >= 0.3 is 0 Å². The summed E-state index contributed by atoms with van der Waals surface area (Å²) in [6, 6.07) is 10.9. The van der Waals surface area contributed by atoms with Gasteiger partial charge in [0.25, 0.3) is 5.91 Å². The van der Waals surface area contributed by atoms with Gasteiger partial charge in [0.2, 0.25) is 0 Å². The molecule has 0 saturated carbocycles. The molecule has 0 bridgehead atoms. The molecule has 0 saturated heterocycles. The normalized spacial score (nSPS) is 10.5. The van der Waals surface area contributed by atoms with E-state index in [0.29, 0.717) is 29.4 Å². The first-order valence-corrected chi connectivity index (χ1v) is 7.74. The first-order valence-electron chi connectivity index (χ1n) is 7.74. The van der Waals surface area contributed by atoms with E-state index in [9.17, 15) is 4.79 Å². The van der Waals surface area contributed by atoms with Crippen LogP contribution in [0.2, 0.25) is 0 Å². The van der Waals surface area contributed by atoms with Gasteiger partial charge in [-0.05, 0) is 24.3 Å². The first kappa shape index (κ1) is 16.6. The van der Waals surface area contributed by atoms with E-state index in [2.05, 4.69) is 10.2 Å². The maximum absolute atomic E-state index is 12.4. The van der Waals surface area contributed by atoms with Crippen LogP contribution in [0.25, 0.3) is 0 Å². The third-order valence-corrected chi connectivity index (χ3v) is 3.65. The molecule has 1 N–H and O–H groups in total. The van der Waals surface area contributed by atoms with Gasteiger partial charge in [-0.25, -0.2) is 0 Å². The Morgan fingerprint density at radius 2 is 2.08 bits per heavy atom. The largest absolute Gasteiger partial charge is 0.493 e. The zero-order chi connectivity index (χ0) is 17.6. The smallest absolute Gasteiger partial charge is 0.274 e. The number of ether oxygens (including phenoxy) is 2. The van der Waals surface area contributed by atoms with Gasteiger partial charge in [0.15, 0.2) is 17.2 Å². The molecule has 25 heavy (non-hydrogen) atoms. The molecule has 3 aromatic rings. The summed E-state index contributed by atoms with van der Waals surface area (Å²) in [7, 11) is 3.31. The summed E-state index contributed by atoms with van der Waals surface area (Å²) in [5.74, 6) is 1.10. The van der Waals surface area contributed by atoms with E-state index in [0.717, 1.165) is 5.56 Å². The van der Waals surface area contributed by atoms with Crippen LogP contribution in [-0.2, 0) is 13.2 Å². The number of hydrogen-bond donors (Lipinski definition) is 1. The molecule has 0 fully saturated rings. The van der Waals surface area contributed by atoms with Gasteiger partial charge in [0.05, 0.1) is 25.3 Å². The van der Waals surface area contributed by atoms with Crippen LogP contribution in [0, 0.1) is 0 Å². The van der Waals surface area contributed by atoms with Crippen LogP contribution in [0.1, 0.15) is 21.7 Å². The Balaban J connectivity index is 1.61. The van der Waals surface area contributed by atoms with Crippen molar-refractivity contribution in [2.24, 2.45) is 0 Å². The Bertz CT molecular complexity index is 826. The molecule has 3 rings (SSSR count). The molecular formula is C18H19N3O4. The number of aromatic amines is 1. The molecule has 2 heterocycles. The van der Waals surface area contributed by atoms with Crippen molar-refractivity contribution in [2.45, 2.75) is 13.2 Å². The van der Waals surface area contributed by atoms with E-state index in [4.69, 9.17) is 13.9 Å². The number of nitrogens with one attached hydrogen (secondary N) is 1. The minimum absolute atomic E-state index is 0.180. The maximum atomic E-state index is 12.4. The summed E-state index contributed by atoms with van der Waals surface area (Å²) in [6.07, 6.45) is 3.19. The fourth-order valence-electron chi connectivity index (χ4n) is 2.36. The predicted octanol–water partition coefficient (Wildman–Crippen LogP) is 2.86. The number of methoxy groups -OCH3 is 1. The van der Waals surface area contributed by atoms with Crippen molar-refractivity contribution in [1.82, 2.24) is 15.1 Å². The molecule has 0 atom stereocenters. The standard InChI is InChI=1S/C18H19N3O4/c1-21(10-13-7-8-24-11-13)18(22)15-9-14(19-20-15)12-25-17-6-4-3-5-16(17)23-2/h3-9,11H,10,12H2,1-2H3,(H,19,20). The predicted molar refractivity (Wildman–Crippen MR) is 90.4 cm³/mol. The van der Waals surface area contributed by atoms with E-state index in [1.54, 1.807) is 37.7 Å². The molecule has 1 amide bonds. The number of aromatic nitrogens is 2. The topological polar surface area (TPSA) is 80.6 Å². The number of furan rings is 1. The van der Waals surface area contributed by atoms with E-state index in [1.165, 1.54) is 0 Å². The van der Waals surface area contributed by atoms with Gasteiger partial charge in [0, 0.05) is 19.2 Å². The zero-order valence-electron chi connectivity index (χ0n) is 14.1. The van der Waals surface area contributed by atoms with Crippen molar-refractivity contribution in [2.75, 3.05) is 14.2 Å². The third kappa shape index (κ3) is 4.00. The van der Waals surface area contributed by atoms with Crippen molar-refractivity contribution >= 4 is 5.91 Å². The van der Waals surface area contributed by atoms with Gasteiger partial charge in [-0.2, -0.15) is 5.10 Å². The highest BCUT2D eigenvalue weighted by atomic mass is 16.5. The number of benzene rings is 1. The van der Waals surface area contributed by atoms with E-state index in [1.807, 2.05) is 30.3 Å². The number of nitrogens with zero attached hydrogens (tertiary/aromatic N) is 2. The molecule has 7 nitrogen and oxygen atoms in total. The zero-order valence-corrected chi connectivity index (χ0v) is 14.1. The van der Waals surface area contributed by atoms with Crippen molar-refractivity contribution in [3.8, 4) is 11.5 Å².